The fourth-order valence-corrected chi connectivity index (χ4v) is 2.64. The van der Waals surface area contributed by atoms with Gasteiger partial charge in [-0.1, -0.05) is 0 Å². The van der Waals surface area contributed by atoms with Gasteiger partial charge in [0.05, 0.1) is 6.54 Å². The van der Waals surface area contributed by atoms with Crippen molar-refractivity contribution in [2.75, 3.05) is 11.5 Å². The number of nitrogens with zero attached hydrogens (tertiary/aromatic N) is 1. The standard InChI is InChI=1S/C9H15N3S/c1-5-13-6-2-8(1)12-7-9-10-3-4-11-9/h3-4,8,12H,1-2,5-7H2,(H,10,11). The first-order valence-electron chi connectivity index (χ1n) is 4.74. The van der Waals surface area contributed by atoms with E-state index in [9.17, 15) is 0 Å². The minimum Gasteiger partial charge on any atom is -0.348 e. The van der Waals surface area contributed by atoms with E-state index in [1.807, 2.05) is 6.20 Å². The summed E-state index contributed by atoms with van der Waals surface area (Å²) in [7, 11) is 0. The molecular formula is C9H15N3S. The number of thioether (sulfide) groups is 1. The maximum Gasteiger partial charge on any atom is 0.120 e. The molecule has 1 aromatic heterocycles. The van der Waals surface area contributed by atoms with E-state index in [0.29, 0.717) is 6.04 Å². The van der Waals surface area contributed by atoms with E-state index in [-0.39, 0.29) is 0 Å². The molecule has 2 N–H and O–H groups in total. The fourth-order valence-electron chi connectivity index (χ4n) is 1.54. The van der Waals surface area contributed by atoms with Crippen LogP contribution >= 0.6 is 11.8 Å². The van der Waals surface area contributed by atoms with Crippen LogP contribution in [0.25, 0.3) is 0 Å². The number of H-pyrrole nitrogens is 1. The van der Waals surface area contributed by atoms with Crippen LogP contribution < -0.4 is 5.32 Å². The predicted octanol–water partition coefficient (Wildman–Crippen LogP) is 1.39. The van der Waals surface area contributed by atoms with Gasteiger partial charge < -0.3 is 10.3 Å². The van der Waals surface area contributed by atoms with Crippen LogP contribution in [0.1, 0.15) is 18.7 Å². The lowest BCUT2D eigenvalue weighted by Gasteiger charge is -2.21. The van der Waals surface area contributed by atoms with Crippen molar-refractivity contribution in [2.24, 2.45) is 0 Å². The van der Waals surface area contributed by atoms with Crippen molar-refractivity contribution in [1.82, 2.24) is 15.3 Å². The molecule has 0 amide bonds. The van der Waals surface area contributed by atoms with Crippen molar-refractivity contribution >= 4 is 11.8 Å². The van der Waals surface area contributed by atoms with Crippen molar-refractivity contribution in [3.05, 3.63) is 18.2 Å². The molecule has 1 aromatic rings. The number of hydrogen-bond acceptors (Lipinski definition) is 3. The highest BCUT2D eigenvalue weighted by molar-refractivity contribution is 7.99. The molecule has 0 spiro atoms. The largest absolute Gasteiger partial charge is 0.348 e. The molecule has 1 aliphatic rings. The van der Waals surface area contributed by atoms with E-state index in [4.69, 9.17) is 0 Å². The van der Waals surface area contributed by atoms with Crippen LogP contribution in [0.3, 0.4) is 0 Å². The average Bonchev–Trinajstić information content (AvgIpc) is 2.69. The fraction of sp³-hybridized carbons (Fsp3) is 0.667. The molecule has 2 heterocycles. The van der Waals surface area contributed by atoms with Gasteiger partial charge in [0, 0.05) is 18.4 Å². The number of hydrogen-bond donors (Lipinski definition) is 2. The van der Waals surface area contributed by atoms with Crippen LogP contribution in [0.15, 0.2) is 12.4 Å². The normalized spacial score (nSPS) is 19.1. The number of rotatable bonds is 3. The second-order valence-corrected chi connectivity index (χ2v) is 4.53. The van der Waals surface area contributed by atoms with Gasteiger partial charge >= 0.3 is 0 Å². The Bertz CT molecular complexity index is 229. The summed E-state index contributed by atoms with van der Waals surface area (Å²) in [6.07, 6.45) is 6.26. The molecule has 0 atom stereocenters. The average molecular weight is 197 g/mol. The highest BCUT2D eigenvalue weighted by atomic mass is 32.2. The summed E-state index contributed by atoms with van der Waals surface area (Å²) in [5, 5.41) is 3.52. The Morgan fingerprint density at radius 2 is 2.38 bits per heavy atom. The van der Waals surface area contributed by atoms with E-state index in [1.54, 1.807) is 6.20 Å². The van der Waals surface area contributed by atoms with Crippen LogP contribution in [0, 0.1) is 0 Å². The number of imidazole rings is 1. The Hall–Kier alpha value is -0.480. The first kappa shape index (κ1) is 9.09. The number of nitrogens with one attached hydrogen (secondary N) is 2. The van der Waals surface area contributed by atoms with Crippen LogP contribution in [0.2, 0.25) is 0 Å². The molecule has 1 fully saturated rings. The predicted molar refractivity (Wildman–Crippen MR) is 55.8 cm³/mol. The zero-order chi connectivity index (χ0) is 8.93. The van der Waals surface area contributed by atoms with Gasteiger partial charge in [-0.3, -0.25) is 0 Å². The van der Waals surface area contributed by atoms with Crippen molar-refractivity contribution in [3.8, 4) is 0 Å². The zero-order valence-corrected chi connectivity index (χ0v) is 8.44. The zero-order valence-electron chi connectivity index (χ0n) is 7.62. The molecule has 0 radical (unpaired) electrons. The summed E-state index contributed by atoms with van der Waals surface area (Å²) in [6.45, 7) is 0.877. The van der Waals surface area contributed by atoms with Crippen LogP contribution in [-0.2, 0) is 6.54 Å². The third kappa shape index (κ3) is 2.74. The Balaban J connectivity index is 1.72. The van der Waals surface area contributed by atoms with E-state index in [1.165, 1.54) is 24.3 Å². The Morgan fingerprint density at radius 1 is 1.54 bits per heavy atom. The molecule has 0 saturated carbocycles. The van der Waals surface area contributed by atoms with Crippen molar-refractivity contribution in [1.29, 1.82) is 0 Å². The van der Waals surface area contributed by atoms with Crippen molar-refractivity contribution in [2.45, 2.75) is 25.4 Å². The summed E-state index contributed by atoms with van der Waals surface area (Å²) < 4.78 is 0. The van der Waals surface area contributed by atoms with Gasteiger partial charge in [0.15, 0.2) is 0 Å². The highest BCUT2D eigenvalue weighted by Crippen LogP contribution is 2.16. The molecule has 3 nitrogen and oxygen atoms in total. The van der Waals surface area contributed by atoms with E-state index >= 15 is 0 Å². The molecular weight excluding hydrogens is 182 g/mol. The molecule has 4 heteroatoms. The Kier molecular flexibility index (Phi) is 3.27. The van der Waals surface area contributed by atoms with E-state index in [0.717, 1.165) is 12.4 Å². The smallest absolute Gasteiger partial charge is 0.120 e. The molecule has 0 aromatic carbocycles. The third-order valence-corrected chi connectivity index (χ3v) is 3.38. The second kappa shape index (κ2) is 4.67. The quantitative estimate of drug-likeness (QED) is 0.769. The van der Waals surface area contributed by atoms with Crippen LogP contribution in [0.5, 0.6) is 0 Å². The van der Waals surface area contributed by atoms with Gasteiger partial charge in [0.2, 0.25) is 0 Å². The second-order valence-electron chi connectivity index (χ2n) is 3.30. The van der Waals surface area contributed by atoms with E-state index < -0.39 is 0 Å². The summed E-state index contributed by atoms with van der Waals surface area (Å²) in [6, 6.07) is 0.700. The first-order chi connectivity index (χ1) is 6.45. The first-order valence-corrected chi connectivity index (χ1v) is 5.90. The van der Waals surface area contributed by atoms with Gasteiger partial charge in [-0.15, -0.1) is 0 Å². The molecule has 2 rings (SSSR count). The van der Waals surface area contributed by atoms with Gasteiger partial charge in [0.1, 0.15) is 5.82 Å². The molecule has 0 unspecified atom stereocenters. The van der Waals surface area contributed by atoms with Gasteiger partial charge in [0.25, 0.3) is 0 Å². The Morgan fingerprint density at radius 3 is 3.08 bits per heavy atom. The van der Waals surface area contributed by atoms with Crippen molar-refractivity contribution < 1.29 is 0 Å². The number of aromatic nitrogens is 2. The van der Waals surface area contributed by atoms with Crippen molar-refractivity contribution in [3.63, 3.8) is 0 Å². The number of aromatic amines is 1. The molecule has 1 saturated heterocycles. The lowest BCUT2D eigenvalue weighted by Crippen LogP contribution is -2.32. The van der Waals surface area contributed by atoms with Crippen LogP contribution in [0.4, 0.5) is 0 Å². The summed E-state index contributed by atoms with van der Waals surface area (Å²) in [4.78, 5) is 7.28. The Labute approximate surface area is 82.7 Å². The van der Waals surface area contributed by atoms with Gasteiger partial charge in [-0.25, -0.2) is 4.98 Å². The topological polar surface area (TPSA) is 40.7 Å². The molecule has 1 aliphatic heterocycles. The maximum absolute atomic E-state index is 4.18. The third-order valence-electron chi connectivity index (χ3n) is 2.33. The van der Waals surface area contributed by atoms with Gasteiger partial charge in [-0.05, 0) is 24.3 Å². The molecule has 13 heavy (non-hydrogen) atoms. The highest BCUT2D eigenvalue weighted by Gasteiger charge is 2.12. The van der Waals surface area contributed by atoms with E-state index in [2.05, 4.69) is 27.0 Å². The van der Waals surface area contributed by atoms with Crippen LogP contribution in [-0.4, -0.2) is 27.5 Å². The SMILES string of the molecule is c1c[nH]c(CNC2CCSCC2)n1. The summed E-state index contributed by atoms with van der Waals surface area (Å²) >= 11 is 2.06. The molecule has 0 bridgehead atoms. The maximum atomic E-state index is 4.18. The monoisotopic (exact) mass is 197 g/mol. The summed E-state index contributed by atoms with van der Waals surface area (Å²) in [5.74, 6) is 3.64. The van der Waals surface area contributed by atoms with Gasteiger partial charge in [-0.2, -0.15) is 11.8 Å². The lowest BCUT2D eigenvalue weighted by molar-refractivity contribution is 0.475. The lowest BCUT2D eigenvalue weighted by atomic mass is 10.1. The minimum absolute atomic E-state index is 0.700. The summed E-state index contributed by atoms with van der Waals surface area (Å²) in [5.41, 5.74) is 0. The molecule has 0 aliphatic carbocycles. The molecule has 72 valence electrons. The minimum atomic E-state index is 0.700.